The normalized spacial score (nSPS) is 15.1. The first kappa shape index (κ1) is 28.4. The van der Waals surface area contributed by atoms with Gasteiger partial charge in [0.25, 0.3) is 0 Å². The summed E-state index contributed by atoms with van der Waals surface area (Å²) in [6.45, 7) is 12.1. The van der Waals surface area contributed by atoms with Crippen molar-refractivity contribution in [2.75, 3.05) is 7.11 Å². The second-order valence-corrected chi connectivity index (χ2v) is 9.84. The number of unbranched alkanes of at least 4 members (excludes halogenated alkanes) is 5. The first-order valence-corrected chi connectivity index (χ1v) is 10.9. The number of aliphatic hydroxyl groups is 1. The summed E-state index contributed by atoms with van der Waals surface area (Å²) in [4.78, 5) is 37.3. The van der Waals surface area contributed by atoms with E-state index in [0.29, 0.717) is 12.8 Å². The molecule has 0 bridgehead atoms. The highest BCUT2D eigenvalue weighted by Gasteiger charge is 2.43. The summed E-state index contributed by atoms with van der Waals surface area (Å²) in [6.07, 6.45) is 2.38. The molecule has 0 saturated heterocycles. The van der Waals surface area contributed by atoms with E-state index in [-0.39, 0.29) is 0 Å². The van der Waals surface area contributed by atoms with Crippen LogP contribution in [0.2, 0.25) is 0 Å². The van der Waals surface area contributed by atoms with Gasteiger partial charge in [-0.2, -0.15) is 0 Å². The Bertz CT molecular complexity index is 543. The van der Waals surface area contributed by atoms with Crippen molar-refractivity contribution in [3.05, 3.63) is 0 Å². The Morgan fingerprint density at radius 1 is 0.800 bits per heavy atom. The van der Waals surface area contributed by atoms with Crippen molar-refractivity contribution >= 4 is 17.9 Å². The molecule has 0 aromatic carbocycles. The van der Waals surface area contributed by atoms with Crippen LogP contribution >= 0.6 is 0 Å². The third-order valence-corrected chi connectivity index (χ3v) is 4.67. The number of rotatable bonds is 12. The first-order valence-electron chi connectivity index (χ1n) is 10.9. The minimum Gasteiger partial charge on any atom is -0.466 e. The van der Waals surface area contributed by atoms with Crippen LogP contribution in [0.3, 0.4) is 0 Å². The van der Waals surface area contributed by atoms with Crippen LogP contribution in [0.1, 0.15) is 93.4 Å². The Balaban J connectivity index is 5.49. The molecule has 1 N–H and O–H groups in total. The van der Waals surface area contributed by atoms with Gasteiger partial charge in [0.2, 0.25) is 6.10 Å². The van der Waals surface area contributed by atoms with Crippen LogP contribution in [0.25, 0.3) is 0 Å². The van der Waals surface area contributed by atoms with Gasteiger partial charge >= 0.3 is 17.9 Å². The van der Waals surface area contributed by atoms with E-state index in [2.05, 4.69) is 6.92 Å². The molecule has 0 fully saturated rings. The van der Waals surface area contributed by atoms with Crippen molar-refractivity contribution in [2.24, 2.45) is 10.8 Å². The predicted molar refractivity (Wildman–Crippen MR) is 115 cm³/mol. The van der Waals surface area contributed by atoms with Gasteiger partial charge in [-0.25, -0.2) is 4.79 Å². The Morgan fingerprint density at radius 3 is 1.73 bits per heavy atom. The number of aliphatic hydroxyl groups excluding tert-OH is 1. The highest BCUT2D eigenvalue weighted by Crippen LogP contribution is 2.25. The van der Waals surface area contributed by atoms with Crippen molar-refractivity contribution in [1.29, 1.82) is 0 Å². The molecule has 7 nitrogen and oxygen atoms in total. The van der Waals surface area contributed by atoms with Crippen LogP contribution in [-0.2, 0) is 28.6 Å². The molecule has 30 heavy (non-hydrogen) atoms. The van der Waals surface area contributed by atoms with Crippen LogP contribution in [0, 0.1) is 10.8 Å². The molecule has 0 aliphatic rings. The topological polar surface area (TPSA) is 99.1 Å². The zero-order valence-corrected chi connectivity index (χ0v) is 20.1. The van der Waals surface area contributed by atoms with Crippen LogP contribution in [0.15, 0.2) is 0 Å². The molecular formula is C23H42O7. The minimum atomic E-state index is -1.54. The van der Waals surface area contributed by atoms with Crippen molar-refractivity contribution in [2.45, 2.75) is 112 Å². The maximum atomic E-state index is 12.5. The lowest BCUT2D eigenvalue weighted by Crippen LogP contribution is -2.50. The van der Waals surface area contributed by atoms with Crippen molar-refractivity contribution in [1.82, 2.24) is 0 Å². The van der Waals surface area contributed by atoms with Gasteiger partial charge in [-0.15, -0.1) is 0 Å². The molecule has 0 spiro atoms. The number of esters is 3. The SMILES string of the molecule is CCCCCCCC[C@H](O)[C@H](OC(=O)C(C)(C)C)[C@@H](OC(=O)C(C)(C)C)C(=O)OC. The number of carbonyl (C=O) groups excluding carboxylic acids is 3. The van der Waals surface area contributed by atoms with Crippen LogP contribution in [-0.4, -0.2) is 48.4 Å². The maximum Gasteiger partial charge on any atom is 0.351 e. The molecule has 3 atom stereocenters. The van der Waals surface area contributed by atoms with Gasteiger partial charge in [0, 0.05) is 0 Å². The van der Waals surface area contributed by atoms with Crippen LogP contribution in [0.5, 0.6) is 0 Å². The largest absolute Gasteiger partial charge is 0.466 e. The molecule has 0 amide bonds. The molecule has 0 heterocycles. The molecule has 176 valence electrons. The quantitative estimate of drug-likeness (QED) is 0.281. The number of methoxy groups -OCH3 is 1. The van der Waals surface area contributed by atoms with E-state index in [9.17, 15) is 19.5 Å². The minimum absolute atomic E-state index is 0.314. The van der Waals surface area contributed by atoms with Gasteiger partial charge in [0.1, 0.15) is 0 Å². The smallest absolute Gasteiger partial charge is 0.351 e. The fraction of sp³-hybridized carbons (Fsp3) is 0.870. The summed E-state index contributed by atoms with van der Waals surface area (Å²) in [7, 11) is 1.16. The maximum absolute atomic E-state index is 12.5. The van der Waals surface area contributed by atoms with Crippen molar-refractivity contribution in [3.8, 4) is 0 Å². The van der Waals surface area contributed by atoms with Gasteiger partial charge in [-0.3, -0.25) is 9.59 Å². The third-order valence-electron chi connectivity index (χ3n) is 4.67. The van der Waals surface area contributed by atoms with Gasteiger partial charge < -0.3 is 19.3 Å². The van der Waals surface area contributed by atoms with E-state index in [1.165, 1.54) is 6.42 Å². The van der Waals surface area contributed by atoms with E-state index < -0.39 is 47.0 Å². The first-order chi connectivity index (χ1) is 13.8. The highest BCUT2D eigenvalue weighted by molar-refractivity contribution is 5.83. The van der Waals surface area contributed by atoms with Gasteiger partial charge in [0.05, 0.1) is 24.0 Å². The standard InChI is InChI=1S/C23H42O7/c1-9-10-11-12-13-14-15-16(24)17(29-20(26)22(2,3)4)18(19(25)28-8)30-21(27)23(5,6)7/h16-18,24H,9-15H2,1-8H3/t16-,17-,18+/m0/s1. The van der Waals surface area contributed by atoms with Gasteiger partial charge in [0.15, 0.2) is 6.10 Å². The Labute approximate surface area is 181 Å². The Kier molecular flexibility index (Phi) is 12.2. The molecule has 0 unspecified atom stereocenters. The molecule has 0 aromatic heterocycles. The summed E-state index contributed by atoms with van der Waals surface area (Å²) >= 11 is 0. The second-order valence-electron chi connectivity index (χ2n) is 9.84. The Hall–Kier alpha value is -1.63. The third kappa shape index (κ3) is 10.4. The number of hydrogen-bond donors (Lipinski definition) is 1. The average molecular weight is 431 g/mol. The van der Waals surface area contributed by atoms with Crippen molar-refractivity contribution < 1.29 is 33.7 Å². The second kappa shape index (κ2) is 12.9. The average Bonchev–Trinajstić information content (AvgIpc) is 2.64. The molecular weight excluding hydrogens is 388 g/mol. The lowest BCUT2D eigenvalue weighted by atomic mass is 9.95. The molecule has 0 radical (unpaired) electrons. The monoisotopic (exact) mass is 430 g/mol. The van der Waals surface area contributed by atoms with E-state index in [4.69, 9.17) is 14.2 Å². The molecule has 0 aliphatic carbocycles. The fourth-order valence-corrected chi connectivity index (χ4v) is 2.60. The zero-order chi connectivity index (χ0) is 23.5. The summed E-state index contributed by atoms with van der Waals surface area (Å²) in [5, 5.41) is 10.8. The van der Waals surface area contributed by atoms with Crippen LogP contribution in [0.4, 0.5) is 0 Å². The summed E-state index contributed by atoms with van der Waals surface area (Å²) in [5.41, 5.74) is -1.73. The predicted octanol–water partition coefficient (Wildman–Crippen LogP) is 4.19. The Morgan fingerprint density at radius 2 is 1.27 bits per heavy atom. The van der Waals surface area contributed by atoms with Gasteiger partial charge in [-0.1, -0.05) is 45.4 Å². The van der Waals surface area contributed by atoms with E-state index in [0.717, 1.165) is 32.8 Å². The fourth-order valence-electron chi connectivity index (χ4n) is 2.60. The van der Waals surface area contributed by atoms with E-state index in [1.54, 1.807) is 41.5 Å². The molecule has 0 rings (SSSR count). The summed E-state index contributed by atoms with van der Waals surface area (Å²) in [5.74, 6) is -2.13. The molecule has 0 aromatic rings. The summed E-state index contributed by atoms with van der Waals surface area (Å²) < 4.78 is 15.7. The van der Waals surface area contributed by atoms with Gasteiger partial charge in [-0.05, 0) is 48.0 Å². The van der Waals surface area contributed by atoms with Crippen LogP contribution < -0.4 is 0 Å². The van der Waals surface area contributed by atoms with Crippen molar-refractivity contribution in [3.63, 3.8) is 0 Å². The number of ether oxygens (including phenoxy) is 3. The highest BCUT2D eigenvalue weighted by atomic mass is 16.6. The summed E-state index contributed by atoms with van der Waals surface area (Å²) in [6, 6.07) is 0. The van der Waals surface area contributed by atoms with E-state index >= 15 is 0 Å². The zero-order valence-electron chi connectivity index (χ0n) is 20.1. The molecule has 7 heteroatoms. The van der Waals surface area contributed by atoms with E-state index in [1.807, 2.05) is 0 Å². The molecule has 0 saturated carbocycles. The number of hydrogen-bond acceptors (Lipinski definition) is 7. The lowest BCUT2D eigenvalue weighted by molar-refractivity contribution is -0.196. The lowest BCUT2D eigenvalue weighted by Gasteiger charge is -2.32. The molecule has 0 aliphatic heterocycles. The number of carbonyl (C=O) groups is 3.